The van der Waals surface area contributed by atoms with Gasteiger partial charge in [-0.05, 0) is 56.6 Å². The number of nitrogens with zero attached hydrogens (tertiary/aromatic N) is 2. The third-order valence-corrected chi connectivity index (χ3v) is 8.41. The smallest absolute Gasteiger partial charge is 0.294 e. The highest BCUT2D eigenvalue weighted by Crippen LogP contribution is 2.38. The quantitative estimate of drug-likeness (QED) is 0.503. The topological polar surface area (TPSA) is 106 Å². The second-order valence-electron chi connectivity index (χ2n) is 10.4. The fraction of sp³-hybridized carbons (Fsp3) is 0.679. The molecule has 3 aliphatic rings. The number of piperidine rings is 1. The van der Waals surface area contributed by atoms with Crippen LogP contribution < -0.4 is 14.2 Å². The molecule has 1 aromatic carbocycles. The van der Waals surface area contributed by atoms with Crippen molar-refractivity contribution in [3.63, 3.8) is 0 Å². The number of carbonyl (C=O) groups excluding carboxylic acids is 3. The Morgan fingerprint density at radius 2 is 1.84 bits per heavy atom. The molecular formula is C28H40N2O7. The van der Waals surface area contributed by atoms with Crippen LogP contribution in [-0.4, -0.2) is 84.1 Å². The second kappa shape index (κ2) is 11.7. The molecule has 1 saturated carbocycles. The van der Waals surface area contributed by atoms with E-state index in [1.165, 1.54) is 4.90 Å². The zero-order valence-electron chi connectivity index (χ0n) is 22.2. The maximum atomic E-state index is 13.6. The number of amides is 2. The minimum atomic E-state index is -1.62. The standard InChI is InChI=1S/C28H40N2O7/c1-4-19-8-5-6-14-28(19,34)25(31)27(33)30-20-9-7-10-22(30)26(32)29(15-13-20)16-17-37-21-11-12-23(35-2)24(18-21)36-3/h11-12,18-20,22,34H,4-10,13-17H2,1-3H3/t19-,20-,22+,28+/m1/s1. The van der Waals surface area contributed by atoms with Gasteiger partial charge in [0.1, 0.15) is 24.0 Å². The van der Waals surface area contributed by atoms with Gasteiger partial charge in [-0.3, -0.25) is 14.4 Å². The van der Waals surface area contributed by atoms with Gasteiger partial charge in [-0.2, -0.15) is 0 Å². The van der Waals surface area contributed by atoms with E-state index in [-0.39, 0.29) is 24.5 Å². The van der Waals surface area contributed by atoms with Crippen molar-refractivity contribution in [2.45, 2.75) is 82.4 Å². The van der Waals surface area contributed by atoms with Gasteiger partial charge in [-0.15, -0.1) is 0 Å². The van der Waals surface area contributed by atoms with Crippen molar-refractivity contribution in [2.75, 3.05) is 33.9 Å². The molecule has 2 bridgehead atoms. The first-order chi connectivity index (χ1) is 17.8. The van der Waals surface area contributed by atoms with Crippen LogP contribution in [0.2, 0.25) is 0 Å². The molecule has 1 N–H and O–H groups in total. The summed E-state index contributed by atoms with van der Waals surface area (Å²) >= 11 is 0. The number of Topliss-reactive ketones (excluding diaryl/α,β-unsaturated/α-hetero) is 1. The first-order valence-corrected chi connectivity index (χ1v) is 13.6. The summed E-state index contributed by atoms with van der Waals surface area (Å²) in [4.78, 5) is 43.9. The summed E-state index contributed by atoms with van der Waals surface area (Å²) in [6, 6.07) is 4.43. The fourth-order valence-corrected chi connectivity index (χ4v) is 6.31. The first kappa shape index (κ1) is 27.2. The van der Waals surface area contributed by atoms with E-state index in [1.807, 2.05) is 6.92 Å². The molecule has 2 amide bonds. The van der Waals surface area contributed by atoms with Crippen molar-refractivity contribution in [3.8, 4) is 17.2 Å². The van der Waals surface area contributed by atoms with Crippen molar-refractivity contribution in [3.05, 3.63) is 18.2 Å². The Hall–Kier alpha value is -2.81. The van der Waals surface area contributed by atoms with E-state index < -0.39 is 23.3 Å². The number of aliphatic hydroxyl groups is 1. The number of carbonyl (C=O) groups is 3. The average molecular weight is 517 g/mol. The minimum Gasteiger partial charge on any atom is -0.493 e. The van der Waals surface area contributed by atoms with Crippen LogP contribution in [0.3, 0.4) is 0 Å². The predicted octanol–water partition coefficient (Wildman–Crippen LogP) is 2.97. The Morgan fingerprint density at radius 1 is 1.05 bits per heavy atom. The fourth-order valence-electron chi connectivity index (χ4n) is 6.31. The van der Waals surface area contributed by atoms with E-state index in [0.29, 0.717) is 56.0 Å². The Balaban J connectivity index is 1.44. The van der Waals surface area contributed by atoms with Crippen LogP contribution in [-0.2, 0) is 14.4 Å². The average Bonchev–Trinajstić information content (AvgIpc) is 3.00. The summed E-state index contributed by atoms with van der Waals surface area (Å²) < 4.78 is 16.5. The number of hydrogen-bond donors (Lipinski definition) is 1. The van der Waals surface area contributed by atoms with Gasteiger partial charge in [0.25, 0.3) is 11.7 Å². The molecule has 204 valence electrons. The van der Waals surface area contributed by atoms with Crippen molar-refractivity contribution in [2.24, 2.45) is 5.92 Å². The van der Waals surface area contributed by atoms with E-state index in [1.54, 1.807) is 37.3 Å². The number of rotatable bonds is 9. The Labute approximate surface area is 219 Å². The summed E-state index contributed by atoms with van der Waals surface area (Å²) in [6.45, 7) is 3.09. The van der Waals surface area contributed by atoms with E-state index >= 15 is 0 Å². The molecule has 0 radical (unpaired) electrons. The maximum absolute atomic E-state index is 13.6. The number of ether oxygens (including phenoxy) is 3. The zero-order chi connectivity index (χ0) is 26.6. The van der Waals surface area contributed by atoms with Crippen molar-refractivity contribution in [1.82, 2.24) is 9.80 Å². The lowest BCUT2D eigenvalue weighted by Gasteiger charge is -2.43. The third-order valence-electron chi connectivity index (χ3n) is 8.41. The van der Waals surface area contributed by atoms with Gasteiger partial charge in [-0.1, -0.05) is 26.2 Å². The van der Waals surface area contributed by atoms with Crippen LogP contribution in [0.15, 0.2) is 18.2 Å². The molecule has 9 nitrogen and oxygen atoms in total. The lowest BCUT2D eigenvalue weighted by atomic mass is 9.71. The molecule has 9 heteroatoms. The second-order valence-corrected chi connectivity index (χ2v) is 10.4. The highest BCUT2D eigenvalue weighted by atomic mass is 16.5. The molecule has 4 atom stereocenters. The SMILES string of the molecule is CC[C@@H]1CCCC[C@@]1(O)C(=O)C(=O)N1[C@@H]2CCC[C@H]1C(=O)N(CCOc1ccc(OC)c(OC)c1)CC2. The van der Waals surface area contributed by atoms with Crippen LogP contribution >= 0.6 is 0 Å². The first-order valence-electron chi connectivity index (χ1n) is 13.6. The van der Waals surface area contributed by atoms with Crippen LogP contribution in [0.4, 0.5) is 0 Å². The lowest BCUT2D eigenvalue weighted by molar-refractivity contribution is -0.166. The summed E-state index contributed by atoms with van der Waals surface area (Å²) in [7, 11) is 3.13. The van der Waals surface area contributed by atoms with Gasteiger partial charge >= 0.3 is 0 Å². The summed E-state index contributed by atoms with van der Waals surface area (Å²) in [5.74, 6) is -0.0152. The van der Waals surface area contributed by atoms with Crippen molar-refractivity contribution >= 4 is 17.6 Å². The molecule has 37 heavy (non-hydrogen) atoms. The summed E-state index contributed by atoms with van der Waals surface area (Å²) in [5.41, 5.74) is -1.62. The summed E-state index contributed by atoms with van der Waals surface area (Å²) in [5, 5.41) is 11.3. The Morgan fingerprint density at radius 3 is 2.57 bits per heavy atom. The van der Waals surface area contributed by atoms with Crippen molar-refractivity contribution in [1.29, 1.82) is 0 Å². The van der Waals surface area contributed by atoms with Crippen LogP contribution in [0, 0.1) is 5.92 Å². The Kier molecular flexibility index (Phi) is 8.62. The minimum absolute atomic E-state index is 0.151. The molecule has 4 rings (SSSR count). The van der Waals surface area contributed by atoms with E-state index in [2.05, 4.69) is 0 Å². The zero-order valence-corrected chi connectivity index (χ0v) is 22.2. The van der Waals surface area contributed by atoms with Gasteiger partial charge in [0.05, 0.1) is 20.8 Å². The van der Waals surface area contributed by atoms with Crippen LogP contribution in [0.25, 0.3) is 0 Å². The normalized spacial score (nSPS) is 27.9. The molecule has 1 aromatic rings. The molecule has 2 heterocycles. The number of benzene rings is 1. The molecular weight excluding hydrogens is 476 g/mol. The van der Waals surface area contributed by atoms with Gasteiger partial charge in [-0.25, -0.2) is 0 Å². The van der Waals surface area contributed by atoms with E-state index in [0.717, 1.165) is 32.1 Å². The largest absolute Gasteiger partial charge is 0.493 e. The molecule has 2 aliphatic heterocycles. The highest BCUT2D eigenvalue weighted by Gasteiger charge is 2.52. The molecule has 0 spiro atoms. The maximum Gasteiger partial charge on any atom is 0.294 e. The molecule has 0 aromatic heterocycles. The monoisotopic (exact) mass is 516 g/mol. The number of methoxy groups -OCH3 is 2. The molecule has 3 fully saturated rings. The Bertz CT molecular complexity index is 999. The molecule has 1 aliphatic carbocycles. The van der Waals surface area contributed by atoms with Gasteiger partial charge in [0, 0.05) is 18.7 Å². The number of hydrogen-bond acceptors (Lipinski definition) is 7. The predicted molar refractivity (Wildman–Crippen MR) is 137 cm³/mol. The van der Waals surface area contributed by atoms with Crippen LogP contribution in [0.1, 0.15) is 64.7 Å². The molecule has 0 unspecified atom stereocenters. The van der Waals surface area contributed by atoms with E-state index in [9.17, 15) is 19.5 Å². The van der Waals surface area contributed by atoms with Gasteiger partial charge in [0.15, 0.2) is 11.5 Å². The van der Waals surface area contributed by atoms with E-state index in [4.69, 9.17) is 14.2 Å². The van der Waals surface area contributed by atoms with Gasteiger partial charge in [0.2, 0.25) is 5.91 Å². The molecule has 2 saturated heterocycles. The highest BCUT2D eigenvalue weighted by molar-refractivity contribution is 6.39. The number of ketones is 1. The third kappa shape index (κ3) is 5.42. The number of fused-ring (bicyclic) bond motifs is 2. The van der Waals surface area contributed by atoms with Crippen molar-refractivity contribution < 1.29 is 33.7 Å². The lowest BCUT2D eigenvalue weighted by Crippen LogP contribution is -2.61. The summed E-state index contributed by atoms with van der Waals surface area (Å²) in [6.07, 6.45) is 6.10. The van der Waals surface area contributed by atoms with Crippen LogP contribution in [0.5, 0.6) is 17.2 Å². The van der Waals surface area contributed by atoms with Gasteiger partial charge < -0.3 is 29.1 Å².